The van der Waals surface area contributed by atoms with Gasteiger partial charge in [0, 0.05) is 19.1 Å². The Morgan fingerprint density at radius 2 is 1.62 bits per heavy atom. The Bertz CT molecular complexity index is 356. The smallest absolute Gasteiger partial charge is 0.181 e. The molecule has 0 bridgehead atoms. The molecule has 3 saturated heterocycles. The second-order valence-electron chi connectivity index (χ2n) is 7.42. The number of nitrogens with zero attached hydrogens (tertiary/aromatic N) is 1. The molecule has 1 atom stereocenters. The van der Waals surface area contributed by atoms with E-state index in [0.717, 1.165) is 32.8 Å². The van der Waals surface area contributed by atoms with E-state index in [1.54, 1.807) is 0 Å². The third-order valence-electron chi connectivity index (χ3n) is 6.01. The summed E-state index contributed by atoms with van der Waals surface area (Å²) in [4.78, 5) is 2.65. The van der Waals surface area contributed by atoms with Crippen molar-refractivity contribution in [2.45, 2.75) is 75.2 Å². The Kier molecular flexibility index (Phi) is 3.99. The maximum absolute atomic E-state index is 6.26. The number of hydrogen-bond donors (Lipinski definition) is 0. The average molecular weight is 295 g/mol. The van der Waals surface area contributed by atoms with Crippen molar-refractivity contribution < 1.29 is 14.2 Å². The molecule has 0 aromatic heterocycles. The van der Waals surface area contributed by atoms with E-state index in [-0.39, 0.29) is 11.4 Å². The molecule has 0 amide bonds. The Morgan fingerprint density at radius 3 is 2.43 bits per heavy atom. The lowest BCUT2D eigenvalue weighted by Gasteiger charge is -2.49. The second-order valence-corrected chi connectivity index (χ2v) is 7.42. The van der Waals surface area contributed by atoms with Gasteiger partial charge in [0.25, 0.3) is 0 Å². The van der Waals surface area contributed by atoms with Crippen LogP contribution in [-0.2, 0) is 14.2 Å². The molecule has 0 radical (unpaired) electrons. The molecular weight excluding hydrogens is 266 g/mol. The molecule has 2 spiro atoms. The Labute approximate surface area is 128 Å². The molecule has 0 N–H and O–H groups in total. The summed E-state index contributed by atoms with van der Waals surface area (Å²) < 4.78 is 18.1. The second kappa shape index (κ2) is 5.80. The van der Waals surface area contributed by atoms with E-state index in [1.807, 2.05) is 0 Å². The van der Waals surface area contributed by atoms with Crippen molar-refractivity contribution in [3.05, 3.63) is 0 Å². The zero-order chi connectivity index (χ0) is 14.2. The van der Waals surface area contributed by atoms with Gasteiger partial charge in [0.15, 0.2) is 5.79 Å². The molecule has 3 aliphatic heterocycles. The van der Waals surface area contributed by atoms with Gasteiger partial charge in [-0.25, -0.2) is 0 Å². The van der Waals surface area contributed by atoms with Crippen molar-refractivity contribution in [3.63, 3.8) is 0 Å². The van der Waals surface area contributed by atoms with Crippen LogP contribution in [0.3, 0.4) is 0 Å². The van der Waals surface area contributed by atoms with Gasteiger partial charge >= 0.3 is 0 Å². The van der Waals surface area contributed by atoms with Gasteiger partial charge in [-0.1, -0.05) is 19.3 Å². The summed E-state index contributed by atoms with van der Waals surface area (Å²) in [5.74, 6) is -0.281. The number of piperidine rings is 1. The Hall–Kier alpha value is -0.160. The Balaban J connectivity index is 1.43. The van der Waals surface area contributed by atoms with Gasteiger partial charge in [-0.3, -0.25) is 4.90 Å². The molecule has 4 fully saturated rings. The minimum atomic E-state index is -0.281. The number of hydrogen-bond acceptors (Lipinski definition) is 4. The van der Waals surface area contributed by atoms with E-state index in [9.17, 15) is 0 Å². The minimum absolute atomic E-state index is 0.198. The van der Waals surface area contributed by atoms with Crippen LogP contribution in [0.2, 0.25) is 0 Å². The molecular formula is C17H29NO3. The van der Waals surface area contributed by atoms with E-state index in [2.05, 4.69) is 4.90 Å². The molecule has 21 heavy (non-hydrogen) atoms. The normalized spacial score (nSPS) is 36.3. The number of ether oxygens (including phenoxy) is 3. The van der Waals surface area contributed by atoms with Gasteiger partial charge in [-0.2, -0.15) is 0 Å². The van der Waals surface area contributed by atoms with E-state index in [1.165, 1.54) is 57.9 Å². The lowest BCUT2D eigenvalue weighted by atomic mass is 9.77. The summed E-state index contributed by atoms with van der Waals surface area (Å²) in [7, 11) is 0. The van der Waals surface area contributed by atoms with E-state index in [0.29, 0.717) is 6.04 Å². The van der Waals surface area contributed by atoms with Gasteiger partial charge in [0.2, 0.25) is 0 Å². The van der Waals surface area contributed by atoms with E-state index in [4.69, 9.17) is 14.2 Å². The van der Waals surface area contributed by atoms with Gasteiger partial charge < -0.3 is 14.2 Å². The predicted molar refractivity (Wildman–Crippen MR) is 80.2 cm³/mol. The lowest BCUT2D eigenvalue weighted by Crippen LogP contribution is -2.56. The number of rotatable bonds is 1. The molecule has 1 unspecified atom stereocenters. The van der Waals surface area contributed by atoms with Crippen molar-refractivity contribution >= 4 is 0 Å². The van der Waals surface area contributed by atoms with Crippen LogP contribution in [0.15, 0.2) is 0 Å². The van der Waals surface area contributed by atoms with Gasteiger partial charge in [0.1, 0.15) is 0 Å². The van der Waals surface area contributed by atoms with Crippen molar-refractivity contribution in [1.82, 2.24) is 4.90 Å². The fourth-order valence-corrected chi connectivity index (χ4v) is 4.92. The van der Waals surface area contributed by atoms with Crippen LogP contribution in [0.5, 0.6) is 0 Å². The van der Waals surface area contributed by atoms with Gasteiger partial charge in [-0.15, -0.1) is 0 Å². The van der Waals surface area contributed by atoms with E-state index >= 15 is 0 Å². The molecule has 1 aliphatic carbocycles. The monoisotopic (exact) mass is 295 g/mol. The van der Waals surface area contributed by atoms with Crippen LogP contribution in [0.4, 0.5) is 0 Å². The molecule has 1 saturated carbocycles. The molecule has 0 aromatic rings. The van der Waals surface area contributed by atoms with Crippen LogP contribution >= 0.6 is 0 Å². The standard InChI is InChI=1S/C17H29NO3/c1-2-6-16(7-3-1)13-15(5-10-19-16)18-9-4-8-17(14-18)20-11-12-21-17/h15H,1-14H2. The van der Waals surface area contributed by atoms with Crippen molar-refractivity contribution in [2.75, 3.05) is 32.9 Å². The highest BCUT2D eigenvalue weighted by Gasteiger charge is 2.45. The average Bonchev–Trinajstić information content (AvgIpc) is 2.96. The fraction of sp³-hybridized carbons (Fsp3) is 1.00. The van der Waals surface area contributed by atoms with Crippen LogP contribution in [-0.4, -0.2) is 55.2 Å². The first-order chi connectivity index (χ1) is 10.3. The van der Waals surface area contributed by atoms with Crippen molar-refractivity contribution in [1.29, 1.82) is 0 Å². The van der Waals surface area contributed by atoms with Crippen LogP contribution in [0.25, 0.3) is 0 Å². The Morgan fingerprint density at radius 1 is 0.810 bits per heavy atom. The highest BCUT2D eigenvalue weighted by molar-refractivity contribution is 4.95. The third-order valence-corrected chi connectivity index (χ3v) is 6.01. The molecule has 4 nitrogen and oxygen atoms in total. The molecule has 4 rings (SSSR count). The summed E-state index contributed by atoms with van der Waals surface area (Å²) >= 11 is 0. The topological polar surface area (TPSA) is 30.9 Å². The highest BCUT2D eigenvalue weighted by atomic mass is 16.7. The minimum Gasteiger partial charge on any atom is -0.375 e. The van der Waals surface area contributed by atoms with Crippen molar-refractivity contribution in [3.8, 4) is 0 Å². The first kappa shape index (κ1) is 14.4. The molecule has 3 heterocycles. The zero-order valence-corrected chi connectivity index (χ0v) is 13.1. The molecule has 4 aliphatic rings. The molecule has 0 aromatic carbocycles. The first-order valence-corrected chi connectivity index (χ1v) is 8.95. The molecule has 4 heteroatoms. The predicted octanol–water partition coefficient (Wildman–Crippen LogP) is 2.71. The largest absolute Gasteiger partial charge is 0.375 e. The fourth-order valence-electron chi connectivity index (χ4n) is 4.92. The van der Waals surface area contributed by atoms with Crippen molar-refractivity contribution in [2.24, 2.45) is 0 Å². The lowest BCUT2D eigenvalue weighted by molar-refractivity contribution is -0.204. The molecule has 120 valence electrons. The van der Waals surface area contributed by atoms with E-state index < -0.39 is 0 Å². The van der Waals surface area contributed by atoms with Gasteiger partial charge in [0.05, 0.1) is 25.4 Å². The quantitative estimate of drug-likeness (QED) is 0.744. The van der Waals surface area contributed by atoms with Crippen LogP contribution in [0, 0.1) is 0 Å². The third kappa shape index (κ3) is 2.88. The van der Waals surface area contributed by atoms with Crippen LogP contribution in [0.1, 0.15) is 57.8 Å². The SMILES string of the molecule is C1CCC2(CC1)CC(N1CCCC3(C1)OCCO3)CCO2. The van der Waals surface area contributed by atoms with Gasteiger partial charge in [-0.05, 0) is 38.6 Å². The summed E-state index contributed by atoms with van der Waals surface area (Å²) in [5, 5.41) is 0. The summed E-state index contributed by atoms with van der Waals surface area (Å²) in [6.07, 6.45) is 11.3. The maximum Gasteiger partial charge on any atom is 0.181 e. The summed E-state index contributed by atoms with van der Waals surface area (Å²) in [6.45, 7) is 4.65. The summed E-state index contributed by atoms with van der Waals surface area (Å²) in [5.41, 5.74) is 0.198. The zero-order valence-electron chi connectivity index (χ0n) is 13.1. The summed E-state index contributed by atoms with van der Waals surface area (Å²) in [6, 6.07) is 0.668. The maximum atomic E-state index is 6.26. The number of likely N-dealkylation sites (tertiary alicyclic amines) is 1. The highest BCUT2D eigenvalue weighted by Crippen LogP contribution is 2.41. The van der Waals surface area contributed by atoms with Crippen LogP contribution < -0.4 is 0 Å². The first-order valence-electron chi connectivity index (χ1n) is 8.95.